The highest BCUT2D eigenvalue weighted by Gasteiger charge is 2.06. The topological polar surface area (TPSA) is 26.0 Å². The largest absolute Gasteiger partial charge is 0.319 e. The zero-order chi connectivity index (χ0) is 17.4. The van der Waals surface area contributed by atoms with Gasteiger partial charge < -0.3 is 5.73 Å². The maximum absolute atomic E-state index is 5.90. The van der Waals surface area contributed by atoms with Crippen molar-refractivity contribution in [2.24, 2.45) is 5.73 Å². The highest BCUT2D eigenvalue weighted by atomic mass is 32.2. The Bertz CT molecular complexity index is 314. The van der Waals surface area contributed by atoms with Crippen molar-refractivity contribution in [2.75, 3.05) is 5.75 Å². The molecule has 136 valence electrons. The van der Waals surface area contributed by atoms with E-state index in [9.17, 15) is 0 Å². The monoisotopic (exact) mass is 355 g/mol. The van der Waals surface area contributed by atoms with Gasteiger partial charge in [0, 0.05) is 6.42 Å². The summed E-state index contributed by atoms with van der Waals surface area (Å²) < 4.78 is 0. The van der Waals surface area contributed by atoms with E-state index in [1.165, 1.54) is 70.0 Å². The SMILES string of the molecule is CCC(N)SCCCCCCCCCCCCC#C[Si](C)(C)C. The third-order valence-corrected chi connectivity index (χ3v) is 6.11. The lowest BCUT2D eigenvalue weighted by molar-refractivity contribution is 0.559. The van der Waals surface area contributed by atoms with Gasteiger partial charge in [0.25, 0.3) is 0 Å². The summed E-state index contributed by atoms with van der Waals surface area (Å²) in [5.74, 6) is 4.62. The fourth-order valence-corrected chi connectivity index (χ4v) is 3.97. The Morgan fingerprint density at radius 1 is 0.826 bits per heavy atom. The van der Waals surface area contributed by atoms with E-state index in [0.29, 0.717) is 5.37 Å². The van der Waals surface area contributed by atoms with Crippen molar-refractivity contribution in [3.05, 3.63) is 0 Å². The smallest absolute Gasteiger partial charge is 0.129 e. The molecular weight excluding hydrogens is 314 g/mol. The number of hydrogen-bond acceptors (Lipinski definition) is 2. The predicted molar refractivity (Wildman–Crippen MR) is 113 cm³/mol. The maximum atomic E-state index is 5.90. The second kappa shape index (κ2) is 15.6. The highest BCUT2D eigenvalue weighted by molar-refractivity contribution is 7.99. The Balaban J connectivity index is 3.15. The van der Waals surface area contributed by atoms with Crippen LogP contribution in [0.5, 0.6) is 0 Å². The van der Waals surface area contributed by atoms with Gasteiger partial charge in [-0.2, -0.15) is 0 Å². The fourth-order valence-electron chi connectivity index (χ4n) is 2.41. The van der Waals surface area contributed by atoms with Crippen LogP contribution in [-0.4, -0.2) is 19.2 Å². The molecular formula is C20H41NSSi. The van der Waals surface area contributed by atoms with Crippen molar-refractivity contribution in [1.29, 1.82) is 0 Å². The summed E-state index contributed by atoms with van der Waals surface area (Å²) in [5.41, 5.74) is 9.35. The van der Waals surface area contributed by atoms with Gasteiger partial charge in [0.1, 0.15) is 8.07 Å². The molecule has 0 spiro atoms. The van der Waals surface area contributed by atoms with E-state index in [0.717, 1.165) is 12.8 Å². The molecule has 0 aromatic heterocycles. The van der Waals surface area contributed by atoms with Gasteiger partial charge in [-0.25, -0.2) is 0 Å². The molecule has 3 heteroatoms. The van der Waals surface area contributed by atoms with Crippen LogP contribution >= 0.6 is 11.8 Å². The van der Waals surface area contributed by atoms with Crippen LogP contribution in [0.15, 0.2) is 0 Å². The Morgan fingerprint density at radius 3 is 1.78 bits per heavy atom. The van der Waals surface area contributed by atoms with Gasteiger partial charge in [0.2, 0.25) is 0 Å². The molecule has 1 unspecified atom stereocenters. The summed E-state index contributed by atoms with van der Waals surface area (Å²) in [7, 11) is -1.14. The maximum Gasteiger partial charge on any atom is 0.129 e. The van der Waals surface area contributed by atoms with Crippen molar-refractivity contribution in [2.45, 2.75) is 109 Å². The summed E-state index contributed by atoms with van der Waals surface area (Å²) in [5, 5.41) is 0.358. The third kappa shape index (κ3) is 20.0. The van der Waals surface area contributed by atoms with Gasteiger partial charge in [-0.3, -0.25) is 0 Å². The van der Waals surface area contributed by atoms with Crippen molar-refractivity contribution >= 4 is 19.8 Å². The lowest BCUT2D eigenvalue weighted by atomic mass is 10.1. The first kappa shape index (κ1) is 23.1. The molecule has 23 heavy (non-hydrogen) atoms. The van der Waals surface area contributed by atoms with Crippen molar-refractivity contribution in [3.63, 3.8) is 0 Å². The minimum atomic E-state index is -1.14. The van der Waals surface area contributed by atoms with Gasteiger partial charge in [0.05, 0.1) is 5.37 Å². The third-order valence-electron chi connectivity index (χ3n) is 3.89. The minimum Gasteiger partial charge on any atom is -0.319 e. The molecule has 0 fully saturated rings. The molecule has 1 atom stereocenters. The number of thioether (sulfide) groups is 1. The van der Waals surface area contributed by atoms with Crippen LogP contribution in [0.2, 0.25) is 19.6 Å². The Morgan fingerprint density at radius 2 is 1.30 bits per heavy atom. The summed E-state index contributed by atoms with van der Waals surface area (Å²) in [4.78, 5) is 0. The van der Waals surface area contributed by atoms with Gasteiger partial charge in [0.15, 0.2) is 0 Å². The molecule has 0 saturated heterocycles. The molecule has 0 amide bonds. The molecule has 0 aliphatic heterocycles. The van der Waals surface area contributed by atoms with Crippen LogP contribution in [0.3, 0.4) is 0 Å². The van der Waals surface area contributed by atoms with E-state index >= 15 is 0 Å². The summed E-state index contributed by atoms with van der Waals surface area (Å²) in [6.45, 7) is 9.12. The van der Waals surface area contributed by atoms with Gasteiger partial charge in [-0.1, -0.05) is 77.9 Å². The molecule has 0 aliphatic rings. The molecule has 0 aromatic rings. The Labute approximate surface area is 152 Å². The summed E-state index contributed by atoms with van der Waals surface area (Å²) >= 11 is 1.93. The van der Waals surface area contributed by atoms with Crippen molar-refractivity contribution in [1.82, 2.24) is 0 Å². The van der Waals surface area contributed by atoms with Crippen LogP contribution in [0.25, 0.3) is 0 Å². The Hall–Kier alpha value is 0.0869. The molecule has 1 nitrogen and oxygen atoms in total. The van der Waals surface area contributed by atoms with Crippen LogP contribution < -0.4 is 5.73 Å². The number of hydrogen-bond donors (Lipinski definition) is 1. The molecule has 0 aromatic carbocycles. The predicted octanol–water partition coefficient (Wildman–Crippen LogP) is 6.59. The first-order chi connectivity index (χ1) is 11.0. The van der Waals surface area contributed by atoms with E-state index in [1.807, 2.05) is 11.8 Å². The summed E-state index contributed by atoms with van der Waals surface area (Å²) in [6, 6.07) is 0. The molecule has 2 N–H and O–H groups in total. The minimum absolute atomic E-state index is 0.358. The fraction of sp³-hybridized carbons (Fsp3) is 0.900. The second-order valence-electron chi connectivity index (χ2n) is 7.65. The van der Waals surface area contributed by atoms with Crippen LogP contribution in [0.4, 0.5) is 0 Å². The first-order valence-corrected chi connectivity index (χ1v) is 14.4. The Kier molecular flexibility index (Phi) is 15.7. The quantitative estimate of drug-likeness (QED) is 0.165. The van der Waals surface area contributed by atoms with Crippen LogP contribution in [0, 0.1) is 11.5 Å². The number of rotatable bonds is 14. The van der Waals surface area contributed by atoms with Crippen molar-refractivity contribution < 1.29 is 0 Å². The molecule has 0 radical (unpaired) electrons. The summed E-state index contributed by atoms with van der Waals surface area (Å²) in [6.07, 6.45) is 16.1. The van der Waals surface area contributed by atoms with E-state index in [1.54, 1.807) is 0 Å². The lowest BCUT2D eigenvalue weighted by Crippen LogP contribution is -2.16. The van der Waals surface area contributed by atoms with Crippen LogP contribution in [0.1, 0.15) is 84.0 Å². The van der Waals surface area contributed by atoms with E-state index in [4.69, 9.17) is 5.73 Å². The van der Waals surface area contributed by atoms with Gasteiger partial charge in [-0.15, -0.1) is 23.2 Å². The number of nitrogens with two attached hydrogens (primary N) is 1. The van der Waals surface area contributed by atoms with Crippen molar-refractivity contribution in [3.8, 4) is 11.5 Å². The van der Waals surface area contributed by atoms with Gasteiger partial charge >= 0.3 is 0 Å². The number of unbranched alkanes of at least 4 members (excludes halogenated alkanes) is 10. The zero-order valence-corrected chi connectivity index (χ0v) is 18.1. The zero-order valence-electron chi connectivity index (χ0n) is 16.3. The van der Waals surface area contributed by atoms with E-state index in [-0.39, 0.29) is 0 Å². The second-order valence-corrected chi connectivity index (χ2v) is 13.8. The van der Waals surface area contributed by atoms with Crippen LogP contribution in [-0.2, 0) is 0 Å². The molecule has 0 saturated carbocycles. The standard InChI is InChI=1S/C20H41NSSi/c1-5-20(21)22-18-16-14-12-10-8-6-7-9-11-13-15-17-19-23(2,3)4/h20H,5-16,18,21H2,1-4H3. The average Bonchev–Trinajstić information content (AvgIpc) is 2.49. The normalized spacial score (nSPS) is 12.7. The molecule has 0 aliphatic carbocycles. The first-order valence-electron chi connectivity index (χ1n) is 9.83. The van der Waals surface area contributed by atoms with E-state index < -0.39 is 8.07 Å². The molecule has 0 bridgehead atoms. The molecule has 0 rings (SSSR count). The lowest BCUT2D eigenvalue weighted by Gasteiger charge is -2.07. The highest BCUT2D eigenvalue weighted by Crippen LogP contribution is 2.14. The van der Waals surface area contributed by atoms with E-state index in [2.05, 4.69) is 38.0 Å². The van der Waals surface area contributed by atoms with Gasteiger partial charge in [-0.05, 0) is 25.0 Å². The average molecular weight is 356 g/mol. The molecule has 0 heterocycles.